The predicted octanol–water partition coefficient (Wildman–Crippen LogP) is 4.01. The van der Waals surface area contributed by atoms with Crippen molar-refractivity contribution in [1.29, 1.82) is 0 Å². The number of benzene rings is 1. The van der Waals surface area contributed by atoms with Gasteiger partial charge in [0.05, 0.1) is 5.92 Å². The molecule has 33 heavy (non-hydrogen) atoms. The minimum atomic E-state index is -0.0853. The highest BCUT2D eigenvalue weighted by molar-refractivity contribution is 5.80. The van der Waals surface area contributed by atoms with Crippen molar-refractivity contribution in [1.82, 2.24) is 24.8 Å². The maximum atomic E-state index is 13.5. The van der Waals surface area contributed by atoms with Gasteiger partial charge in [-0.2, -0.15) is 0 Å². The quantitative estimate of drug-likeness (QED) is 0.526. The Labute approximate surface area is 196 Å². The Kier molecular flexibility index (Phi) is 7.79. The molecule has 1 aromatic carbocycles. The molecular formula is C27H33N5O. The van der Waals surface area contributed by atoms with Gasteiger partial charge in [0.15, 0.2) is 0 Å². The van der Waals surface area contributed by atoms with E-state index in [1.165, 1.54) is 11.1 Å². The third kappa shape index (κ3) is 5.82. The molecule has 0 saturated carbocycles. The molecule has 3 heterocycles. The van der Waals surface area contributed by atoms with Crippen LogP contribution in [0.25, 0.3) is 11.1 Å². The van der Waals surface area contributed by atoms with Gasteiger partial charge in [-0.25, -0.2) is 9.97 Å². The highest BCUT2D eigenvalue weighted by atomic mass is 16.2. The second kappa shape index (κ2) is 11.1. The van der Waals surface area contributed by atoms with E-state index in [0.717, 1.165) is 68.9 Å². The van der Waals surface area contributed by atoms with Crippen molar-refractivity contribution in [2.24, 2.45) is 5.92 Å². The zero-order valence-electron chi connectivity index (χ0n) is 19.7. The summed E-state index contributed by atoms with van der Waals surface area (Å²) in [6, 6.07) is 12.5. The fourth-order valence-electron chi connectivity index (χ4n) is 4.58. The number of amides is 1. The number of carbonyl (C=O) groups excluding carboxylic acids is 1. The minimum absolute atomic E-state index is 0.0853. The van der Waals surface area contributed by atoms with Crippen LogP contribution in [-0.4, -0.2) is 56.8 Å². The molecule has 6 nitrogen and oxygen atoms in total. The lowest BCUT2D eigenvalue weighted by atomic mass is 9.91. The number of aromatic nitrogens is 3. The SMILES string of the molecule is CCCN1CCN(Cc2cnc(CC)nc2)C[C@@H](Cc2ccccc2-c2ccncc2)C1=O. The van der Waals surface area contributed by atoms with E-state index in [4.69, 9.17) is 0 Å². The van der Waals surface area contributed by atoms with Crippen LogP contribution < -0.4 is 0 Å². The van der Waals surface area contributed by atoms with Crippen LogP contribution in [0.4, 0.5) is 0 Å². The minimum Gasteiger partial charge on any atom is -0.341 e. The van der Waals surface area contributed by atoms with Gasteiger partial charge in [-0.15, -0.1) is 0 Å². The zero-order valence-corrected chi connectivity index (χ0v) is 19.7. The van der Waals surface area contributed by atoms with Crippen LogP contribution in [0, 0.1) is 5.92 Å². The van der Waals surface area contributed by atoms with Crippen molar-refractivity contribution < 1.29 is 4.79 Å². The van der Waals surface area contributed by atoms with Crippen LogP contribution in [-0.2, 0) is 24.2 Å². The van der Waals surface area contributed by atoms with Gasteiger partial charge in [0.1, 0.15) is 5.82 Å². The third-order valence-electron chi connectivity index (χ3n) is 6.28. The van der Waals surface area contributed by atoms with Crippen molar-refractivity contribution in [3.8, 4) is 11.1 Å². The van der Waals surface area contributed by atoms with Gasteiger partial charge in [0, 0.05) is 69.5 Å². The normalized spacial score (nSPS) is 17.2. The maximum Gasteiger partial charge on any atom is 0.227 e. The Morgan fingerprint density at radius 2 is 1.76 bits per heavy atom. The van der Waals surface area contributed by atoms with Crippen LogP contribution in [0.3, 0.4) is 0 Å². The summed E-state index contributed by atoms with van der Waals surface area (Å²) in [4.78, 5) is 31.0. The number of hydrogen-bond donors (Lipinski definition) is 0. The van der Waals surface area contributed by atoms with Crippen molar-refractivity contribution in [2.75, 3.05) is 26.2 Å². The first-order valence-corrected chi connectivity index (χ1v) is 12.0. The Balaban J connectivity index is 1.57. The lowest BCUT2D eigenvalue weighted by Gasteiger charge is -2.24. The van der Waals surface area contributed by atoms with Crippen LogP contribution >= 0.6 is 0 Å². The topological polar surface area (TPSA) is 62.2 Å². The Morgan fingerprint density at radius 3 is 2.48 bits per heavy atom. The molecule has 0 spiro atoms. The molecule has 1 amide bonds. The molecule has 1 aliphatic rings. The summed E-state index contributed by atoms with van der Waals surface area (Å²) >= 11 is 0. The standard InChI is InChI=1S/C27H33N5O/c1-3-13-32-15-14-31(19-21-17-29-26(4-2)30-18-21)20-24(27(32)33)16-23-7-5-6-8-25(23)22-9-11-28-12-10-22/h5-12,17-18,24H,3-4,13-16,19-20H2,1-2H3/t24-/m1/s1. The lowest BCUT2D eigenvalue weighted by molar-refractivity contribution is -0.134. The van der Waals surface area contributed by atoms with Crippen molar-refractivity contribution in [3.05, 3.63) is 78.1 Å². The molecule has 0 unspecified atom stereocenters. The zero-order chi connectivity index (χ0) is 23.0. The third-order valence-corrected chi connectivity index (χ3v) is 6.28. The monoisotopic (exact) mass is 443 g/mol. The average molecular weight is 444 g/mol. The summed E-state index contributed by atoms with van der Waals surface area (Å²) < 4.78 is 0. The predicted molar refractivity (Wildman–Crippen MR) is 130 cm³/mol. The highest BCUT2D eigenvalue weighted by Crippen LogP contribution is 2.27. The number of carbonyl (C=O) groups is 1. The molecule has 0 radical (unpaired) electrons. The number of hydrogen-bond acceptors (Lipinski definition) is 5. The molecule has 0 bridgehead atoms. The summed E-state index contributed by atoms with van der Waals surface area (Å²) in [6.45, 7) is 8.14. The van der Waals surface area contributed by atoms with Gasteiger partial charge in [0.25, 0.3) is 0 Å². The number of rotatable bonds is 8. The van der Waals surface area contributed by atoms with E-state index in [1.807, 2.05) is 36.9 Å². The van der Waals surface area contributed by atoms with E-state index < -0.39 is 0 Å². The molecule has 0 N–H and O–H groups in total. The number of pyridine rings is 1. The summed E-state index contributed by atoms with van der Waals surface area (Å²) in [5.74, 6) is 1.05. The van der Waals surface area contributed by atoms with Crippen molar-refractivity contribution in [2.45, 2.75) is 39.7 Å². The number of nitrogens with zero attached hydrogens (tertiary/aromatic N) is 5. The lowest BCUT2D eigenvalue weighted by Crippen LogP contribution is -2.37. The van der Waals surface area contributed by atoms with E-state index in [-0.39, 0.29) is 11.8 Å². The van der Waals surface area contributed by atoms with Gasteiger partial charge < -0.3 is 4.90 Å². The molecule has 3 aromatic rings. The molecule has 1 aliphatic heterocycles. The first-order chi connectivity index (χ1) is 16.2. The molecule has 172 valence electrons. The fourth-order valence-corrected chi connectivity index (χ4v) is 4.58. The molecule has 1 atom stereocenters. The van der Waals surface area contributed by atoms with E-state index in [9.17, 15) is 4.79 Å². The second-order valence-electron chi connectivity index (χ2n) is 8.72. The van der Waals surface area contributed by atoms with Crippen LogP contribution in [0.15, 0.2) is 61.2 Å². The molecule has 0 aliphatic carbocycles. The van der Waals surface area contributed by atoms with E-state index in [1.54, 1.807) is 0 Å². The molecule has 4 rings (SSSR count). The Morgan fingerprint density at radius 1 is 1.00 bits per heavy atom. The molecule has 6 heteroatoms. The van der Waals surface area contributed by atoms with Crippen molar-refractivity contribution in [3.63, 3.8) is 0 Å². The summed E-state index contributed by atoms with van der Waals surface area (Å²) in [5.41, 5.74) is 4.61. The van der Waals surface area contributed by atoms with Gasteiger partial charge in [-0.05, 0) is 41.7 Å². The summed E-state index contributed by atoms with van der Waals surface area (Å²) in [6.07, 6.45) is 10.0. The fraction of sp³-hybridized carbons (Fsp3) is 0.407. The first kappa shape index (κ1) is 23.1. The Hall–Kier alpha value is -3.12. The van der Waals surface area contributed by atoms with Crippen LogP contribution in [0.2, 0.25) is 0 Å². The van der Waals surface area contributed by atoms with Gasteiger partial charge in [-0.3, -0.25) is 14.7 Å². The molecule has 2 aromatic heterocycles. The van der Waals surface area contributed by atoms with E-state index in [2.05, 4.69) is 62.9 Å². The highest BCUT2D eigenvalue weighted by Gasteiger charge is 2.30. The maximum absolute atomic E-state index is 13.5. The summed E-state index contributed by atoms with van der Waals surface area (Å²) in [5, 5.41) is 0. The van der Waals surface area contributed by atoms with E-state index >= 15 is 0 Å². The Bertz CT molecular complexity index is 1040. The first-order valence-electron chi connectivity index (χ1n) is 12.0. The van der Waals surface area contributed by atoms with Crippen LogP contribution in [0.1, 0.15) is 37.2 Å². The molecule has 1 saturated heterocycles. The van der Waals surface area contributed by atoms with E-state index in [0.29, 0.717) is 0 Å². The van der Waals surface area contributed by atoms with Gasteiger partial charge in [0.2, 0.25) is 5.91 Å². The van der Waals surface area contributed by atoms with Crippen molar-refractivity contribution >= 4 is 5.91 Å². The largest absolute Gasteiger partial charge is 0.341 e. The average Bonchev–Trinajstić information content (AvgIpc) is 3.00. The second-order valence-corrected chi connectivity index (χ2v) is 8.72. The van der Waals surface area contributed by atoms with Gasteiger partial charge in [-0.1, -0.05) is 38.1 Å². The molecule has 1 fully saturated rings. The van der Waals surface area contributed by atoms with Gasteiger partial charge >= 0.3 is 0 Å². The van der Waals surface area contributed by atoms with Crippen LogP contribution in [0.5, 0.6) is 0 Å². The summed E-state index contributed by atoms with van der Waals surface area (Å²) in [7, 11) is 0. The number of aryl methyl sites for hydroxylation is 1. The molecular weight excluding hydrogens is 410 g/mol. The smallest absolute Gasteiger partial charge is 0.227 e.